The lowest BCUT2D eigenvalue weighted by Crippen LogP contribution is -2.54. The van der Waals surface area contributed by atoms with E-state index in [2.05, 4.69) is 41.5 Å². The van der Waals surface area contributed by atoms with E-state index in [0.717, 1.165) is 19.3 Å². The van der Waals surface area contributed by atoms with E-state index in [1.807, 2.05) is 6.92 Å². The third-order valence-corrected chi connectivity index (χ3v) is 6.73. The fourth-order valence-corrected chi connectivity index (χ4v) is 4.44. The van der Waals surface area contributed by atoms with Crippen LogP contribution in [-0.2, 0) is 11.8 Å². The number of aryl methyl sites for hydroxylation is 1. The summed E-state index contributed by atoms with van der Waals surface area (Å²) in [5.41, 5.74) is 0.478. The van der Waals surface area contributed by atoms with Crippen molar-refractivity contribution >= 4 is 5.97 Å². The van der Waals surface area contributed by atoms with Gasteiger partial charge in [-0.1, -0.05) is 54.4 Å². The third-order valence-electron chi connectivity index (χ3n) is 6.73. The molecule has 2 atom stereocenters. The molecule has 0 unspecified atom stereocenters. The van der Waals surface area contributed by atoms with Crippen LogP contribution < -0.4 is 4.74 Å². The van der Waals surface area contributed by atoms with Crippen molar-refractivity contribution in [2.75, 3.05) is 0 Å². The fraction of sp³-hybridized carbons (Fsp3) is 0.682. The van der Waals surface area contributed by atoms with Crippen molar-refractivity contribution in [3.63, 3.8) is 0 Å². The molecule has 1 aromatic rings. The number of carboxylic acids is 1. The molecular weight excluding hydrogens is 328 g/mol. The van der Waals surface area contributed by atoms with Gasteiger partial charge in [0.25, 0.3) is 0 Å². The molecule has 0 saturated heterocycles. The van der Waals surface area contributed by atoms with Crippen molar-refractivity contribution in [1.82, 2.24) is 0 Å². The summed E-state index contributed by atoms with van der Waals surface area (Å²) in [6, 6.07) is 1.66. The lowest BCUT2D eigenvalue weighted by Gasteiger charge is -2.45. The van der Waals surface area contributed by atoms with Gasteiger partial charge in [-0.3, -0.25) is 0 Å². The molecule has 146 valence electrons. The first kappa shape index (κ1) is 20.6. The maximum Gasteiger partial charge on any atom is 0.339 e. The summed E-state index contributed by atoms with van der Waals surface area (Å²) in [6.45, 7) is 14.6. The van der Waals surface area contributed by atoms with Crippen LogP contribution >= 0.6 is 0 Å². The zero-order chi connectivity index (χ0) is 19.9. The van der Waals surface area contributed by atoms with Gasteiger partial charge >= 0.3 is 5.97 Å². The predicted molar refractivity (Wildman–Crippen MR) is 104 cm³/mol. The maximum absolute atomic E-state index is 12.1. The number of aromatic carboxylic acids is 1. The predicted octanol–water partition coefficient (Wildman–Crippen LogP) is 5.54. The van der Waals surface area contributed by atoms with Crippen LogP contribution in [0, 0.1) is 11.8 Å². The summed E-state index contributed by atoms with van der Waals surface area (Å²) in [7, 11) is 0. The molecule has 1 aliphatic rings. The number of phenols is 1. The number of hydrogen-bond acceptors (Lipinski definition) is 3. The SMILES string of the molecule is CCCCCc1cc(O)c2c(c1C(=O)O)O[C@](C)(C(C)C)[C@]2(C)C(C)C. The van der Waals surface area contributed by atoms with E-state index in [1.165, 1.54) is 0 Å². The monoisotopic (exact) mass is 362 g/mol. The van der Waals surface area contributed by atoms with E-state index in [4.69, 9.17) is 4.74 Å². The summed E-state index contributed by atoms with van der Waals surface area (Å²) in [5.74, 6) is -0.109. The Labute approximate surface area is 157 Å². The molecule has 4 heteroatoms. The first-order valence-corrected chi connectivity index (χ1v) is 9.83. The highest BCUT2D eigenvalue weighted by Gasteiger charge is 2.59. The first-order valence-electron chi connectivity index (χ1n) is 9.83. The zero-order valence-corrected chi connectivity index (χ0v) is 17.3. The van der Waals surface area contributed by atoms with Crippen LogP contribution in [0.2, 0.25) is 0 Å². The number of carbonyl (C=O) groups is 1. The second kappa shape index (κ2) is 7.13. The molecule has 0 saturated carbocycles. The van der Waals surface area contributed by atoms with Gasteiger partial charge in [-0.15, -0.1) is 0 Å². The van der Waals surface area contributed by atoms with Gasteiger partial charge < -0.3 is 14.9 Å². The summed E-state index contributed by atoms with van der Waals surface area (Å²) >= 11 is 0. The van der Waals surface area contributed by atoms with Gasteiger partial charge in [0.15, 0.2) is 0 Å². The average Bonchev–Trinajstić information content (AvgIpc) is 2.78. The quantitative estimate of drug-likeness (QED) is 0.625. The highest BCUT2D eigenvalue weighted by Crippen LogP contribution is 2.60. The number of rotatable bonds is 7. The van der Waals surface area contributed by atoms with Crippen molar-refractivity contribution in [2.45, 2.75) is 85.2 Å². The van der Waals surface area contributed by atoms with E-state index >= 15 is 0 Å². The molecular formula is C22H34O4. The molecule has 0 radical (unpaired) electrons. The van der Waals surface area contributed by atoms with E-state index in [9.17, 15) is 15.0 Å². The molecule has 1 heterocycles. The van der Waals surface area contributed by atoms with Crippen molar-refractivity contribution < 1.29 is 19.7 Å². The van der Waals surface area contributed by atoms with Crippen molar-refractivity contribution in [3.8, 4) is 11.5 Å². The maximum atomic E-state index is 12.1. The molecule has 0 spiro atoms. The number of benzene rings is 1. The van der Waals surface area contributed by atoms with Gasteiger partial charge in [-0.2, -0.15) is 0 Å². The summed E-state index contributed by atoms with van der Waals surface area (Å²) < 4.78 is 6.41. The first-order chi connectivity index (χ1) is 12.0. The number of unbranched alkanes of at least 4 members (excludes halogenated alkanes) is 2. The van der Waals surface area contributed by atoms with Crippen LogP contribution in [0.3, 0.4) is 0 Å². The summed E-state index contributed by atoms with van der Waals surface area (Å²) in [6.07, 6.45) is 3.63. The summed E-state index contributed by atoms with van der Waals surface area (Å²) in [4.78, 5) is 12.1. The molecule has 1 aliphatic heterocycles. The minimum Gasteiger partial charge on any atom is -0.507 e. The van der Waals surface area contributed by atoms with Gasteiger partial charge in [-0.05, 0) is 43.2 Å². The number of aromatic hydroxyl groups is 1. The van der Waals surface area contributed by atoms with Gasteiger partial charge in [0.05, 0.1) is 0 Å². The molecule has 0 bridgehead atoms. The number of carboxylic acid groups (broad SMARTS) is 1. The van der Waals surface area contributed by atoms with E-state index in [1.54, 1.807) is 6.07 Å². The Morgan fingerprint density at radius 3 is 2.23 bits per heavy atom. The van der Waals surface area contributed by atoms with Crippen LogP contribution in [0.15, 0.2) is 6.07 Å². The van der Waals surface area contributed by atoms with Gasteiger partial charge in [0.2, 0.25) is 0 Å². The number of phenolic OH excluding ortho intramolecular Hbond substituents is 1. The number of fused-ring (bicyclic) bond motifs is 1. The Kier molecular flexibility index (Phi) is 5.65. The van der Waals surface area contributed by atoms with Crippen LogP contribution in [0.1, 0.15) is 89.2 Å². The lowest BCUT2D eigenvalue weighted by atomic mass is 9.60. The van der Waals surface area contributed by atoms with Crippen molar-refractivity contribution in [3.05, 3.63) is 22.8 Å². The van der Waals surface area contributed by atoms with Crippen molar-refractivity contribution in [1.29, 1.82) is 0 Å². The Morgan fingerprint density at radius 1 is 1.15 bits per heavy atom. The highest BCUT2D eigenvalue weighted by molar-refractivity contribution is 5.94. The van der Waals surface area contributed by atoms with Crippen LogP contribution in [0.5, 0.6) is 11.5 Å². The Hall–Kier alpha value is -1.71. The van der Waals surface area contributed by atoms with Gasteiger partial charge in [-0.25, -0.2) is 4.79 Å². The zero-order valence-electron chi connectivity index (χ0n) is 17.3. The van der Waals surface area contributed by atoms with Crippen LogP contribution in [-0.4, -0.2) is 21.8 Å². The van der Waals surface area contributed by atoms with E-state index in [0.29, 0.717) is 23.3 Å². The minimum atomic E-state index is -0.980. The van der Waals surface area contributed by atoms with E-state index < -0.39 is 17.0 Å². The molecule has 0 fully saturated rings. The fourth-order valence-electron chi connectivity index (χ4n) is 4.44. The summed E-state index contributed by atoms with van der Waals surface area (Å²) in [5, 5.41) is 20.8. The van der Waals surface area contributed by atoms with Crippen molar-refractivity contribution in [2.24, 2.45) is 11.8 Å². The molecule has 2 N–H and O–H groups in total. The lowest BCUT2D eigenvalue weighted by molar-refractivity contribution is -0.0224. The Balaban J connectivity index is 2.74. The Morgan fingerprint density at radius 2 is 1.77 bits per heavy atom. The van der Waals surface area contributed by atoms with Gasteiger partial charge in [0.1, 0.15) is 22.7 Å². The molecule has 2 rings (SSSR count). The van der Waals surface area contributed by atoms with Crippen LogP contribution in [0.25, 0.3) is 0 Å². The van der Waals surface area contributed by atoms with Gasteiger partial charge in [0, 0.05) is 11.0 Å². The van der Waals surface area contributed by atoms with Crippen LogP contribution in [0.4, 0.5) is 0 Å². The highest BCUT2D eigenvalue weighted by atomic mass is 16.5. The average molecular weight is 363 g/mol. The Bertz CT molecular complexity index is 692. The molecule has 0 amide bonds. The third kappa shape index (κ3) is 2.87. The largest absolute Gasteiger partial charge is 0.507 e. The molecule has 0 aromatic heterocycles. The van der Waals surface area contributed by atoms with E-state index in [-0.39, 0.29) is 23.1 Å². The standard InChI is InChI=1S/C22H34O4/c1-8-9-10-11-15-12-16(23)18-19(17(15)20(24)25)26-22(7,14(4)5)21(18,6)13(2)3/h12-14,23H,8-11H2,1-7H3,(H,24,25)/t21-,22-/m1/s1. The normalized spacial score (nSPS) is 24.8. The molecule has 1 aromatic carbocycles. The molecule has 0 aliphatic carbocycles. The molecule has 4 nitrogen and oxygen atoms in total. The topological polar surface area (TPSA) is 66.8 Å². The second-order valence-electron chi connectivity index (χ2n) is 8.62. The number of hydrogen-bond donors (Lipinski definition) is 2. The smallest absolute Gasteiger partial charge is 0.339 e. The number of ether oxygens (including phenoxy) is 1. The molecule has 26 heavy (non-hydrogen) atoms. The second-order valence-corrected chi connectivity index (χ2v) is 8.62. The minimum absolute atomic E-state index is 0.159.